The van der Waals surface area contributed by atoms with Crippen LogP contribution in [0.2, 0.25) is 0 Å². The van der Waals surface area contributed by atoms with E-state index in [1.165, 1.54) is 11.8 Å². The van der Waals surface area contributed by atoms with Crippen LogP contribution in [-0.2, 0) is 10.5 Å². The number of carbonyl (C=O) groups excluding carboxylic acids is 1. The Hall–Kier alpha value is -3.98. The Balaban J connectivity index is 1.63. The largest absolute Gasteiger partial charge is 0.496 e. The van der Waals surface area contributed by atoms with Crippen molar-refractivity contribution in [2.24, 2.45) is 10.1 Å². The Bertz CT molecular complexity index is 1430. The van der Waals surface area contributed by atoms with E-state index in [4.69, 9.17) is 24.3 Å². The molecule has 2 aliphatic rings. The van der Waals surface area contributed by atoms with Gasteiger partial charge in [0.15, 0.2) is 22.8 Å². The van der Waals surface area contributed by atoms with Crippen molar-refractivity contribution < 1.29 is 19.0 Å². The van der Waals surface area contributed by atoms with Gasteiger partial charge < -0.3 is 14.2 Å². The first-order chi connectivity index (χ1) is 17.1. The van der Waals surface area contributed by atoms with Crippen LogP contribution in [0.15, 0.2) is 76.8 Å². The minimum atomic E-state index is -0.645. The molecule has 1 N–H and O–H groups in total. The van der Waals surface area contributed by atoms with Gasteiger partial charge in [0.25, 0.3) is 5.91 Å². The van der Waals surface area contributed by atoms with E-state index in [0.717, 1.165) is 10.8 Å². The van der Waals surface area contributed by atoms with Crippen LogP contribution in [0, 0.1) is 0 Å². The SMILES string of the molecule is COc1cc(OC)c(C2N=c3ccccc3=C3C(=O)NC(SCc4ccccc4)=NN32)cc1OC. The molecule has 1 amide bonds. The molecule has 5 rings (SSSR count). The second-order valence-corrected chi connectivity index (χ2v) is 8.76. The molecule has 0 aromatic heterocycles. The first kappa shape index (κ1) is 22.8. The number of amidine groups is 1. The van der Waals surface area contributed by atoms with Crippen LogP contribution in [0.25, 0.3) is 5.70 Å². The standard InChI is InChI=1S/C26H24N4O4S/c1-32-20-14-22(34-3)21(33-2)13-18(20)24-27-19-12-8-7-11-17(19)23-25(31)28-26(29-30(23)24)35-15-16-9-5-4-6-10-16/h4-14,24H,15H2,1-3H3,(H,28,29,31). The highest BCUT2D eigenvalue weighted by molar-refractivity contribution is 8.13. The van der Waals surface area contributed by atoms with Gasteiger partial charge in [-0.2, -0.15) is 0 Å². The van der Waals surface area contributed by atoms with E-state index in [-0.39, 0.29) is 5.91 Å². The zero-order valence-electron chi connectivity index (χ0n) is 19.5. The molecular weight excluding hydrogens is 464 g/mol. The van der Waals surface area contributed by atoms with Crippen LogP contribution >= 0.6 is 11.8 Å². The van der Waals surface area contributed by atoms with Gasteiger partial charge in [-0.3, -0.25) is 15.1 Å². The number of para-hydroxylation sites is 1. The number of fused-ring (bicyclic) bond motifs is 2. The summed E-state index contributed by atoms with van der Waals surface area (Å²) >= 11 is 1.46. The second-order valence-electron chi connectivity index (χ2n) is 7.80. The highest BCUT2D eigenvalue weighted by Crippen LogP contribution is 2.41. The average Bonchev–Trinajstić information content (AvgIpc) is 2.91. The number of ether oxygens (including phenoxy) is 3. The summed E-state index contributed by atoms with van der Waals surface area (Å²) in [5.41, 5.74) is 2.26. The van der Waals surface area contributed by atoms with E-state index in [0.29, 0.717) is 44.8 Å². The third kappa shape index (κ3) is 4.30. The Morgan fingerprint density at radius 3 is 2.34 bits per heavy atom. The molecule has 1 unspecified atom stereocenters. The molecule has 178 valence electrons. The molecule has 0 spiro atoms. The molecule has 8 nitrogen and oxygen atoms in total. The minimum Gasteiger partial charge on any atom is -0.496 e. The molecule has 35 heavy (non-hydrogen) atoms. The highest BCUT2D eigenvalue weighted by atomic mass is 32.2. The van der Waals surface area contributed by atoms with Crippen LogP contribution < -0.4 is 30.1 Å². The van der Waals surface area contributed by atoms with Gasteiger partial charge in [0.1, 0.15) is 11.4 Å². The van der Waals surface area contributed by atoms with Gasteiger partial charge in [-0.25, -0.2) is 5.01 Å². The summed E-state index contributed by atoms with van der Waals surface area (Å²) in [4.78, 5) is 18.3. The second kappa shape index (κ2) is 9.71. The van der Waals surface area contributed by atoms with E-state index in [1.807, 2.05) is 60.7 Å². The van der Waals surface area contributed by atoms with Crippen molar-refractivity contribution >= 4 is 28.5 Å². The van der Waals surface area contributed by atoms with Crippen molar-refractivity contribution in [2.75, 3.05) is 21.3 Å². The van der Waals surface area contributed by atoms with E-state index in [9.17, 15) is 4.79 Å². The fourth-order valence-corrected chi connectivity index (χ4v) is 4.88. The van der Waals surface area contributed by atoms with Crippen molar-refractivity contribution in [3.8, 4) is 17.2 Å². The lowest BCUT2D eigenvalue weighted by atomic mass is 10.1. The van der Waals surface area contributed by atoms with Crippen LogP contribution in [0.5, 0.6) is 17.2 Å². The van der Waals surface area contributed by atoms with Gasteiger partial charge in [-0.1, -0.05) is 60.3 Å². The predicted octanol–water partition coefficient (Wildman–Crippen LogP) is 2.79. The molecule has 0 saturated heterocycles. The summed E-state index contributed by atoms with van der Waals surface area (Å²) in [5.74, 6) is 2.05. The number of benzene rings is 3. The van der Waals surface area contributed by atoms with Gasteiger partial charge in [0.2, 0.25) is 0 Å². The molecule has 2 heterocycles. The smallest absolute Gasteiger partial charge is 0.276 e. The summed E-state index contributed by atoms with van der Waals surface area (Å²) in [7, 11) is 4.73. The van der Waals surface area contributed by atoms with Crippen LogP contribution in [0.3, 0.4) is 0 Å². The maximum absolute atomic E-state index is 13.4. The summed E-state index contributed by atoms with van der Waals surface area (Å²) < 4.78 is 16.7. The number of nitrogens with one attached hydrogen (secondary N) is 1. The molecule has 3 aromatic rings. The van der Waals surface area contributed by atoms with E-state index in [2.05, 4.69) is 5.32 Å². The molecule has 1 atom stereocenters. The molecule has 0 saturated carbocycles. The molecule has 2 aliphatic heterocycles. The van der Waals surface area contributed by atoms with Gasteiger partial charge in [0, 0.05) is 22.6 Å². The zero-order valence-corrected chi connectivity index (χ0v) is 20.3. The maximum Gasteiger partial charge on any atom is 0.276 e. The molecule has 0 fully saturated rings. The molecule has 0 bridgehead atoms. The number of methoxy groups -OCH3 is 3. The van der Waals surface area contributed by atoms with E-state index in [1.54, 1.807) is 32.4 Å². The number of thioether (sulfide) groups is 1. The molecule has 9 heteroatoms. The topological polar surface area (TPSA) is 84.8 Å². The fourth-order valence-electron chi connectivity index (χ4n) is 4.08. The first-order valence-corrected chi connectivity index (χ1v) is 11.9. The Morgan fingerprint density at radius 1 is 0.914 bits per heavy atom. The average molecular weight is 489 g/mol. The fraction of sp³-hybridized carbons (Fsp3) is 0.192. The number of carbonyl (C=O) groups is 1. The van der Waals surface area contributed by atoms with Gasteiger partial charge in [-0.15, -0.1) is 5.10 Å². The number of nitrogens with zero attached hydrogens (tertiary/aromatic N) is 3. The summed E-state index contributed by atoms with van der Waals surface area (Å²) in [6.45, 7) is 0. The maximum atomic E-state index is 13.4. The number of amides is 1. The van der Waals surface area contributed by atoms with Crippen molar-refractivity contribution in [3.63, 3.8) is 0 Å². The molecule has 0 aliphatic carbocycles. The van der Waals surface area contributed by atoms with Gasteiger partial charge in [0.05, 0.1) is 26.7 Å². The molecule has 3 aromatic carbocycles. The summed E-state index contributed by atoms with van der Waals surface area (Å²) in [6, 6.07) is 21.1. The Labute approximate surface area is 206 Å². The lowest BCUT2D eigenvalue weighted by Crippen LogP contribution is -2.50. The van der Waals surface area contributed by atoms with Crippen molar-refractivity contribution in [2.45, 2.75) is 11.9 Å². The number of hydrogen-bond donors (Lipinski definition) is 1. The van der Waals surface area contributed by atoms with Gasteiger partial charge >= 0.3 is 0 Å². The Morgan fingerprint density at radius 2 is 1.60 bits per heavy atom. The lowest BCUT2D eigenvalue weighted by Gasteiger charge is -2.34. The van der Waals surface area contributed by atoms with E-state index >= 15 is 0 Å². The summed E-state index contributed by atoms with van der Waals surface area (Å²) in [5, 5.41) is 11.4. The van der Waals surface area contributed by atoms with E-state index < -0.39 is 6.17 Å². The summed E-state index contributed by atoms with van der Waals surface area (Å²) in [6.07, 6.45) is -0.645. The lowest BCUT2D eigenvalue weighted by molar-refractivity contribution is -0.116. The Kier molecular flexibility index (Phi) is 6.33. The number of rotatable bonds is 6. The van der Waals surface area contributed by atoms with Crippen molar-refractivity contribution in [1.82, 2.24) is 10.3 Å². The van der Waals surface area contributed by atoms with Crippen LogP contribution in [-0.4, -0.2) is 37.4 Å². The monoisotopic (exact) mass is 488 g/mol. The molecular formula is C26H24N4O4S. The first-order valence-electron chi connectivity index (χ1n) is 11.0. The highest BCUT2D eigenvalue weighted by Gasteiger charge is 2.36. The van der Waals surface area contributed by atoms with Gasteiger partial charge in [-0.05, 0) is 17.7 Å². The predicted molar refractivity (Wildman–Crippen MR) is 135 cm³/mol. The van der Waals surface area contributed by atoms with Crippen LogP contribution in [0.1, 0.15) is 17.3 Å². The van der Waals surface area contributed by atoms with Crippen molar-refractivity contribution in [3.05, 3.63) is 88.4 Å². The minimum absolute atomic E-state index is 0.234. The third-order valence-corrected chi connectivity index (χ3v) is 6.68. The third-order valence-electron chi connectivity index (χ3n) is 5.75. The van der Waals surface area contributed by atoms with Crippen LogP contribution in [0.4, 0.5) is 0 Å². The van der Waals surface area contributed by atoms with Crippen molar-refractivity contribution in [1.29, 1.82) is 0 Å². The quantitative estimate of drug-likeness (QED) is 0.575. The number of hydrogen-bond acceptors (Lipinski definition) is 8. The normalized spacial score (nSPS) is 16.4. The zero-order chi connectivity index (χ0) is 24.4. The number of hydrazone groups is 1. The molecule has 0 radical (unpaired) electrons.